The SMILES string of the molecule is CCNc1ncnc(NNC(=O)c2ccccc2)c1[N+](=O)[O-]. The Morgan fingerprint density at radius 3 is 2.55 bits per heavy atom. The molecule has 0 bridgehead atoms. The molecule has 0 aliphatic rings. The van der Waals surface area contributed by atoms with Crippen LogP contribution >= 0.6 is 0 Å². The molecule has 1 amide bonds. The molecule has 0 aliphatic heterocycles. The number of nitro groups is 1. The summed E-state index contributed by atoms with van der Waals surface area (Å²) >= 11 is 0. The molecule has 3 N–H and O–H groups in total. The summed E-state index contributed by atoms with van der Waals surface area (Å²) < 4.78 is 0. The molecule has 0 unspecified atom stereocenters. The predicted molar refractivity (Wildman–Crippen MR) is 80.4 cm³/mol. The summed E-state index contributed by atoms with van der Waals surface area (Å²) in [6.45, 7) is 2.25. The van der Waals surface area contributed by atoms with Crippen LogP contribution in [0.25, 0.3) is 0 Å². The van der Waals surface area contributed by atoms with Crippen molar-refractivity contribution in [3.05, 3.63) is 52.3 Å². The smallest absolute Gasteiger partial charge is 0.354 e. The van der Waals surface area contributed by atoms with Gasteiger partial charge in [-0.3, -0.25) is 25.8 Å². The van der Waals surface area contributed by atoms with Crippen molar-refractivity contribution in [2.45, 2.75) is 6.92 Å². The van der Waals surface area contributed by atoms with Crippen LogP contribution in [0.4, 0.5) is 17.3 Å². The second-order valence-corrected chi connectivity index (χ2v) is 4.15. The summed E-state index contributed by atoms with van der Waals surface area (Å²) in [7, 11) is 0. The van der Waals surface area contributed by atoms with E-state index in [-0.39, 0.29) is 17.3 Å². The highest BCUT2D eigenvalue weighted by atomic mass is 16.6. The lowest BCUT2D eigenvalue weighted by Gasteiger charge is -2.10. The fraction of sp³-hybridized carbons (Fsp3) is 0.154. The molecule has 0 saturated carbocycles. The monoisotopic (exact) mass is 302 g/mol. The van der Waals surface area contributed by atoms with Gasteiger partial charge in [0.1, 0.15) is 6.33 Å². The normalized spacial score (nSPS) is 9.86. The van der Waals surface area contributed by atoms with Crippen molar-refractivity contribution in [3.63, 3.8) is 0 Å². The maximum absolute atomic E-state index is 11.9. The van der Waals surface area contributed by atoms with Crippen molar-refractivity contribution in [3.8, 4) is 0 Å². The van der Waals surface area contributed by atoms with Crippen molar-refractivity contribution < 1.29 is 9.72 Å². The Kier molecular flexibility index (Phi) is 4.81. The number of hydrazine groups is 1. The van der Waals surface area contributed by atoms with Crippen LogP contribution in [0.1, 0.15) is 17.3 Å². The average Bonchev–Trinajstić information content (AvgIpc) is 2.53. The minimum atomic E-state index is -0.616. The molecule has 0 spiro atoms. The number of rotatable bonds is 6. The molecule has 2 aromatic rings. The number of anilines is 2. The Morgan fingerprint density at radius 1 is 1.23 bits per heavy atom. The largest absolute Gasteiger partial charge is 0.364 e. The third-order valence-corrected chi connectivity index (χ3v) is 2.68. The van der Waals surface area contributed by atoms with Gasteiger partial charge in [-0.15, -0.1) is 0 Å². The van der Waals surface area contributed by atoms with Gasteiger partial charge in [0.2, 0.25) is 11.6 Å². The van der Waals surface area contributed by atoms with E-state index in [0.717, 1.165) is 0 Å². The lowest BCUT2D eigenvalue weighted by atomic mass is 10.2. The van der Waals surface area contributed by atoms with Gasteiger partial charge >= 0.3 is 5.69 Å². The van der Waals surface area contributed by atoms with Gasteiger partial charge in [0, 0.05) is 12.1 Å². The summed E-state index contributed by atoms with van der Waals surface area (Å²) in [5, 5.41) is 13.9. The van der Waals surface area contributed by atoms with Crippen LogP contribution in [0.2, 0.25) is 0 Å². The van der Waals surface area contributed by atoms with Gasteiger partial charge in [0.05, 0.1) is 4.92 Å². The first-order chi connectivity index (χ1) is 10.6. The molecule has 9 heteroatoms. The van der Waals surface area contributed by atoms with E-state index in [9.17, 15) is 14.9 Å². The molecule has 1 heterocycles. The van der Waals surface area contributed by atoms with E-state index in [0.29, 0.717) is 12.1 Å². The number of carbonyl (C=O) groups excluding carboxylic acids is 1. The molecule has 0 radical (unpaired) electrons. The number of carbonyl (C=O) groups is 1. The maximum atomic E-state index is 11.9. The van der Waals surface area contributed by atoms with E-state index in [1.807, 2.05) is 0 Å². The zero-order chi connectivity index (χ0) is 15.9. The molecular formula is C13H14N6O3. The first-order valence-corrected chi connectivity index (χ1v) is 6.48. The fourth-order valence-electron chi connectivity index (χ4n) is 1.72. The van der Waals surface area contributed by atoms with Crippen LogP contribution in [0.3, 0.4) is 0 Å². The topological polar surface area (TPSA) is 122 Å². The highest BCUT2D eigenvalue weighted by Crippen LogP contribution is 2.27. The molecule has 0 aliphatic carbocycles. The van der Waals surface area contributed by atoms with E-state index in [4.69, 9.17) is 0 Å². The maximum Gasteiger partial charge on any atom is 0.354 e. The van der Waals surface area contributed by atoms with Crippen molar-refractivity contribution in [2.75, 3.05) is 17.3 Å². The van der Waals surface area contributed by atoms with E-state index >= 15 is 0 Å². The van der Waals surface area contributed by atoms with E-state index in [2.05, 4.69) is 26.1 Å². The Bertz CT molecular complexity index is 677. The molecule has 9 nitrogen and oxygen atoms in total. The van der Waals surface area contributed by atoms with Crippen molar-refractivity contribution in [1.82, 2.24) is 15.4 Å². The molecule has 22 heavy (non-hydrogen) atoms. The van der Waals surface area contributed by atoms with Gasteiger partial charge in [0.15, 0.2) is 0 Å². The van der Waals surface area contributed by atoms with E-state index in [1.165, 1.54) is 6.33 Å². The average molecular weight is 302 g/mol. The van der Waals surface area contributed by atoms with E-state index < -0.39 is 10.8 Å². The number of hydrogen-bond acceptors (Lipinski definition) is 7. The summed E-state index contributed by atoms with van der Waals surface area (Å²) in [5.41, 5.74) is 4.91. The number of hydrogen-bond donors (Lipinski definition) is 3. The molecule has 0 saturated heterocycles. The molecular weight excluding hydrogens is 288 g/mol. The first-order valence-electron chi connectivity index (χ1n) is 6.48. The summed E-state index contributed by atoms with van der Waals surface area (Å²) in [6, 6.07) is 8.45. The number of aromatic nitrogens is 2. The minimum absolute atomic E-state index is 0.0824. The van der Waals surface area contributed by atoms with Crippen LogP contribution in [0, 0.1) is 10.1 Å². The highest BCUT2D eigenvalue weighted by Gasteiger charge is 2.22. The number of nitrogens with one attached hydrogen (secondary N) is 3. The predicted octanol–water partition coefficient (Wildman–Crippen LogP) is 1.57. The second kappa shape index (κ2) is 6.97. The quantitative estimate of drug-likeness (QED) is 0.546. The third kappa shape index (κ3) is 3.45. The Hall–Kier alpha value is -3.23. The third-order valence-electron chi connectivity index (χ3n) is 2.68. The Balaban J connectivity index is 2.17. The minimum Gasteiger partial charge on any atom is -0.364 e. The van der Waals surface area contributed by atoms with Gasteiger partial charge in [-0.25, -0.2) is 9.97 Å². The van der Waals surface area contributed by atoms with Crippen molar-refractivity contribution >= 4 is 23.2 Å². The van der Waals surface area contributed by atoms with Gasteiger partial charge in [-0.1, -0.05) is 18.2 Å². The number of nitrogens with zero attached hydrogens (tertiary/aromatic N) is 3. The van der Waals surface area contributed by atoms with E-state index in [1.54, 1.807) is 37.3 Å². The van der Waals surface area contributed by atoms with Crippen LogP contribution in [-0.2, 0) is 0 Å². The van der Waals surface area contributed by atoms with Crippen molar-refractivity contribution in [1.29, 1.82) is 0 Å². The van der Waals surface area contributed by atoms with Gasteiger partial charge in [0.25, 0.3) is 5.91 Å². The lowest BCUT2D eigenvalue weighted by molar-refractivity contribution is -0.383. The van der Waals surface area contributed by atoms with Crippen LogP contribution in [0.5, 0.6) is 0 Å². The number of amides is 1. The zero-order valence-corrected chi connectivity index (χ0v) is 11.7. The molecule has 0 atom stereocenters. The van der Waals surface area contributed by atoms with Crippen LogP contribution in [0.15, 0.2) is 36.7 Å². The van der Waals surface area contributed by atoms with Gasteiger partial charge < -0.3 is 5.32 Å². The summed E-state index contributed by atoms with van der Waals surface area (Å²) in [4.78, 5) is 30.1. The van der Waals surface area contributed by atoms with Crippen molar-refractivity contribution in [2.24, 2.45) is 0 Å². The number of benzene rings is 1. The second-order valence-electron chi connectivity index (χ2n) is 4.15. The highest BCUT2D eigenvalue weighted by molar-refractivity contribution is 5.95. The summed E-state index contributed by atoms with van der Waals surface area (Å²) in [5.74, 6) is -0.447. The summed E-state index contributed by atoms with van der Waals surface area (Å²) in [6.07, 6.45) is 1.17. The Morgan fingerprint density at radius 2 is 1.91 bits per heavy atom. The molecule has 1 aromatic carbocycles. The van der Waals surface area contributed by atoms with Gasteiger partial charge in [-0.05, 0) is 19.1 Å². The molecule has 0 fully saturated rings. The van der Waals surface area contributed by atoms with Crippen LogP contribution < -0.4 is 16.2 Å². The molecule has 114 valence electrons. The molecule has 1 aromatic heterocycles. The Labute approximate surface area is 125 Å². The lowest BCUT2D eigenvalue weighted by Crippen LogP contribution is -2.30. The standard InChI is InChI=1S/C13H14N6O3/c1-2-14-11-10(19(21)22)12(16-8-15-11)17-18-13(20)9-6-4-3-5-7-9/h3-8H,2H2,1H3,(H,18,20)(H2,14,15,16,17). The first kappa shape index (κ1) is 15.2. The fourth-order valence-corrected chi connectivity index (χ4v) is 1.72. The molecule has 2 rings (SSSR count). The zero-order valence-electron chi connectivity index (χ0n) is 11.7. The van der Waals surface area contributed by atoms with Crippen LogP contribution in [-0.4, -0.2) is 27.3 Å². The van der Waals surface area contributed by atoms with Gasteiger partial charge in [-0.2, -0.15) is 0 Å².